The van der Waals surface area contributed by atoms with Gasteiger partial charge in [-0.3, -0.25) is 14.7 Å². The van der Waals surface area contributed by atoms with Gasteiger partial charge in [0.05, 0.1) is 4.92 Å². The van der Waals surface area contributed by atoms with E-state index < -0.39 is 12.3 Å². The van der Waals surface area contributed by atoms with Gasteiger partial charge in [0.2, 0.25) is 0 Å². The van der Waals surface area contributed by atoms with Crippen LogP contribution in [0.1, 0.15) is 0 Å². The Morgan fingerprint density at radius 3 is 2.37 bits per heavy atom. The van der Waals surface area contributed by atoms with E-state index in [1.165, 1.54) is 19.2 Å². The maximum atomic E-state index is 12.8. The molecule has 6 nitrogen and oxygen atoms in total. The van der Waals surface area contributed by atoms with E-state index in [9.17, 15) is 14.7 Å². The molecule has 0 aliphatic carbocycles. The van der Waals surface area contributed by atoms with Crippen LogP contribution in [0, 0.1) is 10.1 Å². The van der Waals surface area contributed by atoms with Crippen LogP contribution < -0.4 is 10.7 Å². The second-order valence-electron chi connectivity index (χ2n) is 3.70. The van der Waals surface area contributed by atoms with Crippen molar-refractivity contribution in [3.63, 3.8) is 0 Å². The quantitative estimate of drug-likeness (QED) is 0.484. The zero-order valence-electron chi connectivity index (χ0n) is 10.1. The molecule has 1 heterocycles. The van der Waals surface area contributed by atoms with Gasteiger partial charge < -0.3 is 4.52 Å². The molecule has 0 bridgehead atoms. The van der Waals surface area contributed by atoms with Crippen molar-refractivity contribution in [2.75, 3.05) is 7.11 Å². The normalized spacial score (nSPS) is 13.7. The van der Waals surface area contributed by atoms with Crippen molar-refractivity contribution in [2.45, 2.75) is 0 Å². The van der Waals surface area contributed by atoms with Crippen LogP contribution in [-0.4, -0.2) is 17.0 Å². The predicted octanol–water partition coefficient (Wildman–Crippen LogP) is 1.87. The second-order valence-corrected chi connectivity index (χ2v) is 6.14. The van der Waals surface area contributed by atoms with Crippen molar-refractivity contribution < 1.29 is 14.0 Å². The lowest BCUT2D eigenvalue weighted by Crippen LogP contribution is -2.19. The zero-order valence-corrected chi connectivity index (χ0v) is 11.0. The van der Waals surface area contributed by atoms with E-state index in [1.807, 2.05) is 0 Å². The number of aromatic nitrogens is 1. The highest BCUT2D eigenvalue weighted by Gasteiger charge is 2.29. The summed E-state index contributed by atoms with van der Waals surface area (Å²) in [5.74, 6) is 0. The first-order chi connectivity index (χ1) is 9.08. The molecule has 2 aromatic rings. The van der Waals surface area contributed by atoms with Crippen LogP contribution in [0.15, 0.2) is 48.7 Å². The number of rotatable bonds is 4. The number of nitrogens with zero attached hydrogens (tertiary/aromatic N) is 2. The SMILES string of the molecule is COP(=O)(c1ccccc1)c1ccc([N+](=O)[O-])cn1. The predicted molar refractivity (Wildman–Crippen MR) is 71.2 cm³/mol. The van der Waals surface area contributed by atoms with Gasteiger partial charge in [-0.15, -0.1) is 0 Å². The summed E-state index contributed by atoms with van der Waals surface area (Å²) in [5.41, 5.74) is 0.0336. The van der Waals surface area contributed by atoms with Gasteiger partial charge in [0.25, 0.3) is 13.1 Å². The van der Waals surface area contributed by atoms with Gasteiger partial charge in [-0.1, -0.05) is 18.2 Å². The van der Waals surface area contributed by atoms with Gasteiger partial charge in [0, 0.05) is 18.5 Å². The molecule has 1 atom stereocenters. The molecular weight excluding hydrogens is 267 g/mol. The van der Waals surface area contributed by atoms with Crippen molar-refractivity contribution in [3.05, 3.63) is 58.8 Å². The van der Waals surface area contributed by atoms with Crippen LogP contribution in [0.25, 0.3) is 0 Å². The Morgan fingerprint density at radius 2 is 1.89 bits per heavy atom. The first-order valence-electron chi connectivity index (χ1n) is 5.40. The number of hydrogen-bond donors (Lipinski definition) is 0. The average Bonchev–Trinajstić information content (AvgIpc) is 2.47. The third-order valence-corrected chi connectivity index (χ3v) is 4.96. The highest BCUT2D eigenvalue weighted by atomic mass is 31.2. The molecule has 0 radical (unpaired) electrons. The lowest BCUT2D eigenvalue weighted by atomic mass is 10.4. The summed E-state index contributed by atoms with van der Waals surface area (Å²) in [6.07, 6.45) is 1.07. The van der Waals surface area contributed by atoms with Crippen LogP contribution in [-0.2, 0) is 9.09 Å². The van der Waals surface area contributed by atoms with Crippen LogP contribution >= 0.6 is 7.37 Å². The van der Waals surface area contributed by atoms with Gasteiger partial charge in [0.1, 0.15) is 11.6 Å². The van der Waals surface area contributed by atoms with E-state index in [2.05, 4.69) is 4.98 Å². The summed E-state index contributed by atoms with van der Waals surface area (Å²) in [4.78, 5) is 13.9. The monoisotopic (exact) mass is 278 g/mol. The van der Waals surface area contributed by atoms with Crippen molar-refractivity contribution in [2.24, 2.45) is 0 Å². The lowest BCUT2D eigenvalue weighted by molar-refractivity contribution is -0.385. The van der Waals surface area contributed by atoms with Crippen LogP contribution in [0.5, 0.6) is 0 Å². The standard InChI is InChI=1S/C12H11N2O4P/c1-18-19(17,11-5-3-2-4-6-11)12-8-7-10(9-13-12)14(15)16/h2-9H,1H3. The molecule has 1 unspecified atom stereocenters. The summed E-state index contributed by atoms with van der Waals surface area (Å²) >= 11 is 0. The van der Waals surface area contributed by atoms with Gasteiger partial charge in [0.15, 0.2) is 0 Å². The molecule has 0 aliphatic heterocycles. The Morgan fingerprint density at radius 1 is 1.21 bits per heavy atom. The molecule has 98 valence electrons. The van der Waals surface area contributed by atoms with E-state index in [0.717, 1.165) is 6.20 Å². The first kappa shape index (κ1) is 13.4. The maximum Gasteiger partial charge on any atom is 0.287 e. The molecule has 0 spiro atoms. The first-order valence-corrected chi connectivity index (χ1v) is 7.03. The Hall–Kier alpha value is -2.04. The third kappa shape index (κ3) is 2.54. The molecule has 0 aliphatic rings. The van der Waals surface area contributed by atoms with Gasteiger partial charge in [-0.2, -0.15) is 0 Å². The lowest BCUT2D eigenvalue weighted by Gasteiger charge is -2.15. The summed E-state index contributed by atoms with van der Waals surface area (Å²) in [6, 6.07) is 11.2. The summed E-state index contributed by atoms with van der Waals surface area (Å²) < 4.78 is 17.9. The van der Waals surface area contributed by atoms with Gasteiger partial charge in [-0.25, -0.2) is 4.98 Å². The van der Waals surface area contributed by atoms with Crippen LogP contribution in [0.4, 0.5) is 5.69 Å². The van der Waals surface area contributed by atoms with Gasteiger partial charge in [-0.05, 0) is 18.2 Å². The Bertz CT molecular complexity index is 628. The molecule has 7 heteroatoms. The number of benzene rings is 1. The Balaban J connectivity index is 2.48. The van der Waals surface area contributed by atoms with Crippen molar-refractivity contribution in [3.8, 4) is 0 Å². The third-order valence-electron chi connectivity index (χ3n) is 2.60. The van der Waals surface area contributed by atoms with Crippen molar-refractivity contribution >= 4 is 23.8 Å². The van der Waals surface area contributed by atoms with Crippen molar-refractivity contribution in [1.29, 1.82) is 0 Å². The van der Waals surface area contributed by atoms with E-state index in [-0.39, 0.29) is 11.1 Å². The molecule has 0 saturated carbocycles. The zero-order chi connectivity index (χ0) is 13.9. The summed E-state index contributed by atoms with van der Waals surface area (Å²) in [5, 5.41) is 11.1. The summed E-state index contributed by atoms with van der Waals surface area (Å²) in [7, 11) is -1.96. The number of pyridine rings is 1. The van der Waals surface area contributed by atoms with E-state index in [4.69, 9.17) is 4.52 Å². The minimum Gasteiger partial charge on any atom is -0.324 e. The Labute approximate surface area is 109 Å². The Kier molecular flexibility index (Phi) is 3.74. The molecule has 0 saturated heterocycles. The summed E-state index contributed by atoms with van der Waals surface area (Å²) in [6.45, 7) is 0. The molecule has 0 N–H and O–H groups in total. The van der Waals surface area contributed by atoms with Crippen molar-refractivity contribution in [1.82, 2.24) is 4.98 Å². The molecular formula is C12H11N2O4P. The van der Waals surface area contributed by atoms with E-state index in [0.29, 0.717) is 5.30 Å². The molecule has 0 fully saturated rings. The second kappa shape index (κ2) is 5.30. The van der Waals surface area contributed by atoms with E-state index >= 15 is 0 Å². The van der Waals surface area contributed by atoms with Crippen LogP contribution in [0.3, 0.4) is 0 Å². The van der Waals surface area contributed by atoms with E-state index in [1.54, 1.807) is 30.3 Å². The molecule has 1 aromatic heterocycles. The minimum atomic E-state index is -3.29. The topological polar surface area (TPSA) is 82.3 Å². The smallest absolute Gasteiger partial charge is 0.287 e. The molecule has 0 amide bonds. The van der Waals surface area contributed by atoms with Crippen LogP contribution in [0.2, 0.25) is 0 Å². The molecule has 1 aromatic carbocycles. The largest absolute Gasteiger partial charge is 0.324 e. The average molecular weight is 278 g/mol. The molecule has 2 rings (SSSR count). The number of hydrogen-bond acceptors (Lipinski definition) is 5. The fourth-order valence-corrected chi connectivity index (χ4v) is 3.32. The fourth-order valence-electron chi connectivity index (χ4n) is 1.62. The fraction of sp³-hybridized carbons (Fsp3) is 0.0833. The maximum absolute atomic E-state index is 12.8. The minimum absolute atomic E-state index is 0.153. The molecule has 19 heavy (non-hydrogen) atoms. The highest BCUT2D eigenvalue weighted by molar-refractivity contribution is 7.74. The number of nitro groups is 1. The van der Waals surface area contributed by atoms with Gasteiger partial charge >= 0.3 is 0 Å². The highest BCUT2D eigenvalue weighted by Crippen LogP contribution is 2.42.